The molecule has 0 unspecified atom stereocenters. The molecule has 1 atom stereocenters. The predicted molar refractivity (Wildman–Crippen MR) is 58.1 cm³/mol. The van der Waals surface area contributed by atoms with Gasteiger partial charge in [-0.15, -0.1) is 12.4 Å². The Morgan fingerprint density at radius 1 is 1.23 bits per heavy atom. The molecule has 2 N–H and O–H groups in total. The molecule has 0 bridgehead atoms. The third-order valence-corrected chi connectivity index (χ3v) is 2.59. The highest BCUT2D eigenvalue weighted by molar-refractivity contribution is 5.85. The summed E-state index contributed by atoms with van der Waals surface area (Å²) >= 11 is 0. The maximum absolute atomic E-state index is 6.05. The maximum atomic E-state index is 6.05. The van der Waals surface area contributed by atoms with E-state index in [0.29, 0.717) is 0 Å². The van der Waals surface area contributed by atoms with Crippen LogP contribution >= 0.6 is 12.4 Å². The zero-order valence-electron chi connectivity index (χ0n) is 7.86. The second-order valence-electron chi connectivity index (χ2n) is 3.77. The van der Waals surface area contributed by atoms with Crippen LogP contribution in [0, 0.1) is 12.8 Å². The number of halogens is 1. The molecule has 0 radical (unpaired) electrons. The fourth-order valence-electron chi connectivity index (χ4n) is 1.52. The first-order chi connectivity index (χ1) is 5.77. The molecule has 2 rings (SSSR count). The van der Waals surface area contributed by atoms with Crippen molar-refractivity contribution in [3.05, 3.63) is 35.4 Å². The van der Waals surface area contributed by atoms with E-state index in [1.54, 1.807) is 0 Å². The van der Waals surface area contributed by atoms with Crippen molar-refractivity contribution in [2.24, 2.45) is 11.7 Å². The Bertz CT molecular complexity index is 264. The minimum absolute atomic E-state index is 0. The molecular formula is C11H16ClN. The first-order valence-corrected chi connectivity index (χ1v) is 4.59. The molecule has 72 valence electrons. The van der Waals surface area contributed by atoms with Gasteiger partial charge in [-0.25, -0.2) is 0 Å². The van der Waals surface area contributed by atoms with E-state index >= 15 is 0 Å². The van der Waals surface area contributed by atoms with Gasteiger partial charge in [0.1, 0.15) is 0 Å². The van der Waals surface area contributed by atoms with Crippen molar-refractivity contribution in [1.29, 1.82) is 0 Å². The van der Waals surface area contributed by atoms with Crippen LogP contribution in [0.2, 0.25) is 0 Å². The summed E-state index contributed by atoms with van der Waals surface area (Å²) in [6, 6.07) is 8.86. The van der Waals surface area contributed by atoms with Crippen LogP contribution in [-0.2, 0) is 0 Å². The van der Waals surface area contributed by atoms with Gasteiger partial charge in [-0.1, -0.05) is 29.8 Å². The van der Waals surface area contributed by atoms with Crippen molar-refractivity contribution in [2.75, 3.05) is 0 Å². The van der Waals surface area contributed by atoms with Gasteiger partial charge in [-0.05, 0) is 31.2 Å². The van der Waals surface area contributed by atoms with Gasteiger partial charge < -0.3 is 5.73 Å². The standard InChI is InChI=1S/C11H15N.ClH/c1-8-2-4-9(5-3-8)11(12)10-6-7-10;/h2-5,10-11H,6-7,12H2,1H3;1H/t11-;/m0./s1. The van der Waals surface area contributed by atoms with Crippen LogP contribution in [-0.4, -0.2) is 0 Å². The molecule has 1 aliphatic rings. The lowest BCUT2D eigenvalue weighted by molar-refractivity contribution is 0.633. The summed E-state index contributed by atoms with van der Waals surface area (Å²) < 4.78 is 0. The Morgan fingerprint density at radius 3 is 2.23 bits per heavy atom. The molecule has 0 spiro atoms. The first-order valence-electron chi connectivity index (χ1n) is 4.59. The van der Waals surface area contributed by atoms with Gasteiger partial charge in [-0.2, -0.15) is 0 Å². The lowest BCUT2D eigenvalue weighted by atomic mass is 10.0. The highest BCUT2D eigenvalue weighted by Gasteiger charge is 2.29. The minimum Gasteiger partial charge on any atom is -0.324 e. The number of aryl methyl sites for hydroxylation is 1. The van der Waals surface area contributed by atoms with Crippen LogP contribution in [0.4, 0.5) is 0 Å². The SMILES string of the molecule is Cc1ccc([C@H](N)C2CC2)cc1.Cl. The lowest BCUT2D eigenvalue weighted by Crippen LogP contribution is -2.11. The molecule has 0 amide bonds. The van der Waals surface area contributed by atoms with E-state index in [9.17, 15) is 0 Å². The Morgan fingerprint density at radius 2 is 1.77 bits per heavy atom. The summed E-state index contributed by atoms with van der Waals surface area (Å²) in [4.78, 5) is 0. The second kappa shape index (κ2) is 4.12. The second-order valence-corrected chi connectivity index (χ2v) is 3.77. The average Bonchev–Trinajstić information content (AvgIpc) is 2.87. The summed E-state index contributed by atoms with van der Waals surface area (Å²) in [7, 11) is 0. The number of nitrogens with two attached hydrogens (primary N) is 1. The van der Waals surface area contributed by atoms with Gasteiger partial charge in [0, 0.05) is 6.04 Å². The fraction of sp³-hybridized carbons (Fsp3) is 0.455. The van der Waals surface area contributed by atoms with Crippen LogP contribution in [0.3, 0.4) is 0 Å². The van der Waals surface area contributed by atoms with Crippen LogP contribution in [0.25, 0.3) is 0 Å². The summed E-state index contributed by atoms with van der Waals surface area (Å²) in [6.45, 7) is 2.10. The van der Waals surface area contributed by atoms with Gasteiger partial charge in [0.2, 0.25) is 0 Å². The topological polar surface area (TPSA) is 26.0 Å². The highest BCUT2D eigenvalue weighted by Crippen LogP contribution is 2.39. The van der Waals surface area contributed by atoms with E-state index in [4.69, 9.17) is 5.73 Å². The third kappa shape index (κ3) is 2.45. The van der Waals surface area contributed by atoms with Crippen LogP contribution in [0.15, 0.2) is 24.3 Å². The van der Waals surface area contributed by atoms with Crippen molar-refractivity contribution in [2.45, 2.75) is 25.8 Å². The quantitative estimate of drug-likeness (QED) is 0.776. The van der Waals surface area contributed by atoms with Gasteiger partial charge >= 0.3 is 0 Å². The van der Waals surface area contributed by atoms with Gasteiger partial charge in [-0.3, -0.25) is 0 Å². The van der Waals surface area contributed by atoms with Crippen LogP contribution < -0.4 is 5.73 Å². The smallest absolute Gasteiger partial charge is 0.0323 e. The van der Waals surface area contributed by atoms with E-state index in [1.807, 2.05) is 0 Å². The molecule has 13 heavy (non-hydrogen) atoms. The first kappa shape index (κ1) is 10.6. The normalized spacial score (nSPS) is 17.7. The maximum Gasteiger partial charge on any atom is 0.0323 e. The Hall–Kier alpha value is -0.530. The number of benzene rings is 1. The number of rotatable bonds is 2. The Labute approximate surface area is 85.7 Å². The molecular weight excluding hydrogens is 182 g/mol. The van der Waals surface area contributed by atoms with Crippen molar-refractivity contribution in [3.8, 4) is 0 Å². The largest absolute Gasteiger partial charge is 0.324 e. The van der Waals surface area contributed by atoms with Crippen molar-refractivity contribution in [3.63, 3.8) is 0 Å². The molecule has 1 aliphatic carbocycles. The minimum atomic E-state index is 0. The molecule has 1 nitrogen and oxygen atoms in total. The molecule has 0 aromatic heterocycles. The Balaban J connectivity index is 0.000000845. The molecule has 0 saturated heterocycles. The Kier molecular flexibility index (Phi) is 3.34. The summed E-state index contributed by atoms with van der Waals surface area (Å²) in [5, 5.41) is 0. The summed E-state index contributed by atoms with van der Waals surface area (Å²) in [5.41, 5.74) is 8.65. The van der Waals surface area contributed by atoms with E-state index in [-0.39, 0.29) is 18.4 Å². The molecule has 1 aromatic rings. The average molecular weight is 198 g/mol. The summed E-state index contributed by atoms with van der Waals surface area (Å²) in [5.74, 6) is 0.757. The molecule has 2 heteroatoms. The number of hydrogen-bond acceptors (Lipinski definition) is 1. The highest BCUT2D eigenvalue weighted by atomic mass is 35.5. The molecule has 1 fully saturated rings. The van der Waals surface area contributed by atoms with Gasteiger partial charge in [0.05, 0.1) is 0 Å². The molecule has 0 heterocycles. The molecule has 0 aliphatic heterocycles. The van der Waals surface area contributed by atoms with E-state index in [2.05, 4.69) is 31.2 Å². The van der Waals surface area contributed by atoms with E-state index in [0.717, 1.165) is 5.92 Å². The zero-order chi connectivity index (χ0) is 8.55. The summed E-state index contributed by atoms with van der Waals surface area (Å²) in [6.07, 6.45) is 2.63. The zero-order valence-corrected chi connectivity index (χ0v) is 8.68. The molecule has 1 saturated carbocycles. The number of hydrogen-bond donors (Lipinski definition) is 1. The van der Waals surface area contributed by atoms with Crippen LogP contribution in [0.5, 0.6) is 0 Å². The van der Waals surface area contributed by atoms with Gasteiger partial charge in [0.25, 0.3) is 0 Å². The fourth-order valence-corrected chi connectivity index (χ4v) is 1.52. The van der Waals surface area contributed by atoms with Gasteiger partial charge in [0.15, 0.2) is 0 Å². The predicted octanol–water partition coefficient (Wildman–Crippen LogP) is 2.83. The van der Waals surface area contributed by atoms with E-state index in [1.165, 1.54) is 24.0 Å². The van der Waals surface area contributed by atoms with Crippen molar-refractivity contribution in [1.82, 2.24) is 0 Å². The lowest BCUT2D eigenvalue weighted by Gasteiger charge is -2.10. The van der Waals surface area contributed by atoms with Crippen molar-refractivity contribution >= 4 is 12.4 Å². The molecule has 1 aromatic carbocycles. The van der Waals surface area contributed by atoms with E-state index < -0.39 is 0 Å². The van der Waals surface area contributed by atoms with Crippen molar-refractivity contribution < 1.29 is 0 Å². The third-order valence-electron chi connectivity index (χ3n) is 2.59. The monoisotopic (exact) mass is 197 g/mol. The van der Waals surface area contributed by atoms with Crippen LogP contribution in [0.1, 0.15) is 30.0 Å².